The van der Waals surface area contributed by atoms with Crippen molar-refractivity contribution in [1.82, 2.24) is 14.9 Å². The van der Waals surface area contributed by atoms with Gasteiger partial charge in [0, 0.05) is 6.54 Å². The summed E-state index contributed by atoms with van der Waals surface area (Å²) in [5.74, 6) is 0.439. The highest BCUT2D eigenvalue weighted by atomic mass is 16.3. The van der Waals surface area contributed by atoms with Gasteiger partial charge in [-0.25, -0.2) is 4.98 Å². The molecule has 3 aromatic carbocycles. The minimum atomic E-state index is -0.525. The molecule has 0 fully saturated rings. The predicted molar refractivity (Wildman–Crippen MR) is 123 cm³/mol. The van der Waals surface area contributed by atoms with Crippen molar-refractivity contribution in [3.05, 3.63) is 96.1 Å². The second kappa shape index (κ2) is 9.45. The molecule has 1 aromatic heterocycles. The third kappa shape index (κ3) is 4.92. The molecule has 4 aromatic rings. The van der Waals surface area contributed by atoms with Gasteiger partial charge in [-0.3, -0.25) is 4.79 Å². The monoisotopic (exact) mass is 414 g/mol. The first-order valence-corrected chi connectivity index (χ1v) is 10.4. The van der Waals surface area contributed by atoms with Crippen molar-refractivity contribution in [2.45, 2.75) is 25.6 Å². The Bertz CT molecular complexity index is 1100. The smallest absolute Gasteiger partial charge is 0.240 e. The van der Waals surface area contributed by atoms with Gasteiger partial charge in [-0.05, 0) is 30.2 Å². The van der Waals surface area contributed by atoms with Crippen LogP contribution in [-0.2, 0) is 11.3 Å². The van der Waals surface area contributed by atoms with Crippen LogP contribution in [0.3, 0.4) is 0 Å². The van der Waals surface area contributed by atoms with Gasteiger partial charge < -0.3 is 20.3 Å². The maximum absolute atomic E-state index is 13.2. The molecule has 0 aliphatic carbocycles. The molecule has 0 spiro atoms. The number of nitrogens with zero attached hydrogens (tertiary/aromatic N) is 2. The van der Waals surface area contributed by atoms with Crippen molar-refractivity contribution < 1.29 is 9.90 Å². The third-order valence-corrected chi connectivity index (χ3v) is 5.08. The summed E-state index contributed by atoms with van der Waals surface area (Å²) in [5, 5.41) is 16.0. The SMILES string of the molecule is CC(O)CNc1nc2ccccc2n1CC(=O)NC(c1ccccc1)c1ccccc1. The topological polar surface area (TPSA) is 79.2 Å². The number of benzene rings is 3. The van der Waals surface area contributed by atoms with E-state index in [2.05, 4.69) is 15.6 Å². The fourth-order valence-electron chi connectivity index (χ4n) is 3.61. The molecule has 6 heteroatoms. The number of imidazole rings is 1. The Hall–Kier alpha value is -3.64. The highest BCUT2D eigenvalue weighted by Crippen LogP contribution is 2.23. The summed E-state index contributed by atoms with van der Waals surface area (Å²) in [7, 11) is 0. The highest BCUT2D eigenvalue weighted by molar-refractivity contribution is 5.83. The second-order valence-corrected chi connectivity index (χ2v) is 7.56. The van der Waals surface area contributed by atoms with E-state index in [-0.39, 0.29) is 18.5 Å². The van der Waals surface area contributed by atoms with Gasteiger partial charge in [0.25, 0.3) is 0 Å². The number of aliphatic hydroxyl groups is 1. The molecule has 31 heavy (non-hydrogen) atoms. The molecule has 1 atom stereocenters. The molecule has 0 bridgehead atoms. The molecule has 0 radical (unpaired) electrons. The summed E-state index contributed by atoms with van der Waals surface area (Å²) in [4.78, 5) is 17.8. The first-order chi connectivity index (χ1) is 15.1. The molecule has 1 unspecified atom stereocenters. The number of anilines is 1. The number of carbonyl (C=O) groups is 1. The third-order valence-electron chi connectivity index (χ3n) is 5.08. The Labute approximate surface area is 181 Å². The molecule has 1 amide bonds. The molecule has 4 rings (SSSR count). The Morgan fingerprint density at radius 2 is 1.52 bits per heavy atom. The van der Waals surface area contributed by atoms with E-state index in [1.54, 1.807) is 6.92 Å². The summed E-state index contributed by atoms with van der Waals surface area (Å²) >= 11 is 0. The van der Waals surface area contributed by atoms with Crippen LogP contribution in [0, 0.1) is 0 Å². The van der Waals surface area contributed by atoms with Crippen molar-refractivity contribution in [2.75, 3.05) is 11.9 Å². The van der Waals surface area contributed by atoms with Gasteiger partial charge in [-0.1, -0.05) is 72.8 Å². The molecule has 6 nitrogen and oxygen atoms in total. The van der Waals surface area contributed by atoms with E-state index in [0.29, 0.717) is 12.5 Å². The first-order valence-electron chi connectivity index (χ1n) is 10.4. The van der Waals surface area contributed by atoms with E-state index in [1.165, 1.54) is 0 Å². The Balaban J connectivity index is 1.61. The zero-order chi connectivity index (χ0) is 21.6. The number of fused-ring (bicyclic) bond motifs is 1. The fourth-order valence-corrected chi connectivity index (χ4v) is 3.61. The largest absolute Gasteiger partial charge is 0.392 e. The van der Waals surface area contributed by atoms with Gasteiger partial charge >= 0.3 is 0 Å². The zero-order valence-corrected chi connectivity index (χ0v) is 17.4. The van der Waals surface area contributed by atoms with Crippen LogP contribution in [0.5, 0.6) is 0 Å². The van der Waals surface area contributed by atoms with E-state index in [4.69, 9.17) is 0 Å². The van der Waals surface area contributed by atoms with Crippen LogP contribution in [-0.4, -0.2) is 33.2 Å². The number of rotatable bonds is 8. The van der Waals surface area contributed by atoms with E-state index in [1.807, 2.05) is 89.5 Å². The molecular formula is C25H26N4O2. The van der Waals surface area contributed by atoms with Gasteiger partial charge in [0.15, 0.2) is 0 Å². The number of aliphatic hydroxyl groups excluding tert-OH is 1. The molecule has 158 valence electrons. The van der Waals surface area contributed by atoms with E-state index < -0.39 is 6.10 Å². The number of hydrogen-bond donors (Lipinski definition) is 3. The lowest BCUT2D eigenvalue weighted by molar-refractivity contribution is -0.122. The molecule has 0 aliphatic rings. The lowest BCUT2D eigenvalue weighted by Gasteiger charge is -2.20. The second-order valence-electron chi connectivity index (χ2n) is 7.56. The van der Waals surface area contributed by atoms with Gasteiger partial charge in [0.2, 0.25) is 11.9 Å². The predicted octanol–water partition coefficient (Wildman–Crippen LogP) is 3.73. The summed E-state index contributed by atoms with van der Waals surface area (Å²) in [6.45, 7) is 2.16. The lowest BCUT2D eigenvalue weighted by atomic mass is 9.99. The average molecular weight is 415 g/mol. The van der Waals surface area contributed by atoms with E-state index in [9.17, 15) is 9.90 Å². The van der Waals surface area contributed by atoms with Crippen LogP contribution in [0.15, 0.2) is 84.9 Å². The van der Waals surface area contributed by atoms with Crippen LogP contribution < -0.4 is 10.6 Å². The maximum atomic E-state index is 13.2. The number of nitrogens with one attached hydrogen (secondary N) is 2. The molecule has 0 saturated carbocycles. The first kappa shape index (κ1) is 20.6. The summed E-state index contributed by atoms with van der Waals surface area (Å²) in [6, 6.07) is 27.3. The molecule has 0 saturated heterocycles. The Kier molecular flexibility index (Phi) is 6.29. The quantitative estimate of drug-likeness (QED) is 0.410. The zero-order valence-electron chi connectivity index (χ0n) is 17.4. The highest BCUT2D eigenvalue weighted by Gasteiger charge is 2.19. The number of para-hydroxylation sites is 2. The van der Waals surface area contributed by atoms with Crippen LogP contribution in [0.4, 0.5) is 5.95 Å². The molecule has 1 heterocycles. The van der Waals surface area contributed by atoms with Crippen molar-refractivity contribution in [1.29, 1.82) is 0 Å². The maximum Gasteiger partial charge on any atom is 0.240 e. The summed E-state index contributed by atoms with van der Waals surface area (Å²) in [5.41, 5.74) is 3.70. The minimum absolute atomic E-state index is 0.110. The Morgan fingerprint density at radius 1 is 0.935 bits per heavy atom. The van der Waals surface area contributed by atoms with E-state index in [0.717, 1.165) is 22.2 Å². The fraction of sp³-hybridized carbons (Fsp3) is 0.200. The van der Waals surface area contributed by atoms with Crippen LogP contribution in [0.2, 0.25) is 0 Å². The molecule has 3 N–H and O–H groups in total. The number of hydrogen-bond acceptors (Lipinski definition) is 4. The molecule has 0 aliphatic heterocycles. The molecular weight excluding hydrogens is 388 g/mol. The normalized spacial score (nSPS) is 12.1. The number of amides is 1. The van der Waals surface area contributed by atoms with Crippen molar-refractivity contribution in [3.63, 3.8) is 0 Å². The standard InChI is InChI=1S/C25H26N4O2/c1-18(30)16-26-25-27-21-14-8-9-15-22(21)29(25)17-23(31)28-24(19-10-4-2-5-11-19)20-12-6-3-7-13-20/h2-15,18,24,30H,16-17H2,1H3,(H,26,27)(H,28,31). The summed E-state index contributed by atoms with van der Waals surface area (Å²) in [6.07, 6.45) is -0.525. The summed E-state index contributed by atoms with van der Waals surface area (Å²) < 4.78 is 1.85. The van der Waals surface area contributed by atoms with Gasteiger partial charge in [0.05, 0.1) is 23.2 Å². The minimum Gasteiger partial charge on any atom is -0.392 e. The number of aromatic nitrogens is 2. The number of carbonyl (C=O) groups excluding carboxylic acids is 1. The van der Waals surface area contributed by atoms with Crippen LogP contribution in [0.25, 0.3) is 11.0 Å². The van der Waals surface area contributed by atoms with E-state index >= 15 is 0 Å². The van der Waals surface area contributed by atoms with Crippen LogP contribution in [0.1, 0.15) is 24.1 Å². The van der Waals surface area contributed by atoms with Crippen molar-refractivity contribution in [3.8, 4) is 0 Å². The van der Waals surface area contributed by atoms with Gasteiger partial charge in [-0.15, -0.1) is 0 Å². The van der Waals surface area contributed by atoms with Crippen LogP contribution >= 0.6 is 0 Å². The lowest BCUT2D eigenvalue weighted by Crippen LogP contribution is -2.32. The van der Waals surface area contributed by atoms with Gasteiger partial charge in [-0.2, -0.15) is 0 Å². The van der Waals surface area contributed by atoms with Crippen molar-refractivity contribution in [2.24, 2.45) is 0 Å². The van der Waals surface area contributed by atoms with Gasteiger partial charge in [0.1, 0.15) is 6.54 Å². The average Bonchev–Trinajstić information content (AvgIpc) is 3.14. The Morgan fingerprint density at radius 3 is 2.13 bits per heavy atom. The van der Waals surface area contributed by atoms with Crippen molar-refractivity contribution >= 4 is 22.9 Å².